The van der Waals surface area contributed by atoms with Crippen molar-refractivity contribution >= 4 is 23.2 Å². The molecule has 1 atom stereocenters. The molecule has 2 rings (SSSR count). The smallest absolute Gasteiger partial charge is 0.0424 e. The minimum Gasteiger partial charge on any atom is -0.314 e. The zero-order chi connectivity index (χ0) is 12.3. The van der Waals surface area contributed by atoms with Crippen LogP contribution in [-0.2, 0) is 0 Å². The summed E-state index contributed by atoms with van der Waals surface area (Å²) in [6.07, 6.45) is 1.08. The van der Waals surface area contributed by atoms with Crippen LogP contribution in [0.5, 0.6) is 0 Å². The second kappa shape index (κ2) is 6.05. The number of hydrogen-bond acceptors (Lipinski definition) is 2. The van der Waals surface area contributed by atoms with Crippen LogP contribution in [0.25, 0.3) is 0 Å². The van der Waals surface area contributed by atoms with Gasteiger partial charge in [0.25, 0.3) is 0 Å². The van der Waals surface area contributed by atoms with E-state index < -0.39 is 0 Å². The molecule has 0 amide bonds. The highest BCUT2D eigenvalue weighted by atomic mass is 35.5. The summed E-state index contributed by atoms with van der Waals surface area (Å²) in [6, 6.07) is 6.28. The molecule has 1 aromatic carbocycles. The van der Waals surface area contributed by atoms with Gasteiger partial charge in [-0.25, -0.2) is 0 Å². The Kier molecular flexibility index (Phi) is 4.69. The van der Waals surface area contributed by atoms with Crippen molar-refractivity contribution in [2.24, 2.45) is 0 Å². The van der Waals surface area contributed by atoms with Crippen LogP contribution in [-0.4, -0.2) is 31.1 Å². The summed E-state index contributed by atoms with van der Waals surface area (Å²) in [5.41, 5.74) is 1.23. The van der Waals surface area contributed by atoms with Crippen molar-refractivity contribution in [3.63, 3.8) is 0 Å². The number of halogens is 2. The molecule has 1 heterocycles. The fourth-order valence-electron chi connectivity index (χ4n) is 2.47. The Morgan fingerprint density at radius 3 is 2.29 bits per heavy atom. The fraction of sp³-hybridized carbons (Fsp3) is 0.538. The van der Waals surface area contributed by atoms with E-state index in [4.69, 9.17) is 23.2 Å². The van der Waals surface area contributed by atoms with Crippen LogP contribution in [0.4, 0.5) is 0 Å². The second-order valence-corrected chi connectivity index (χ2v) is 5.29. The third-order valence-corrected chi connectivity index (χ3v) is 3.69. The van der Waals surface area contributed by atoms with Gasteiger partial charge in [-0.15, -0.1) is 0 Å². The zero-order valence-corrected chi connectivity index (χ0v) is 11.6. The Bertz CT molecular complexity index is 355. The van der Waals surface area contributed by atoms with Crippen LogP contribution in [0, 0.1) is 0 Å². The SMILES string of the molecule is CC[C@H](c1cc(Cl)cc(Cl)c1)N1CCNCC1. The second-order valence-electron chi connectivity index (χ2n) is 4.41. The molecule has 1 aliphatic heterocycles. The molecule has 0 unspecified atom stereocenters. The van der Waals surface area contributed by atoms with E-state index in [0.717, 1.165) is 42.6 Å². The first-order valence-corrected chi connectivity index (χ1v) is 6.87. The van der Waals surface area contributed by atoms with Crippen molar-refractivity contribution in [1.82, 2.24) is 10.2 Å². The highest BCUT2D eigenvalue weighted by Crippen LogP contribution is 2.29. The largest absolute Gasteiger partial charge is 0.314 e. The molecule has 2 nitrogen and oxygen atoms in total. The van der Waals surface area contributed by atoms with Crippen LogP contribution in [0.2, 0.25) is 10.0 Å². The summed E-state index contributed by atoms with van der Waals surface area (Å²) in [6.45, 7) is 6.50. The van der Waals surface area contributed by atoms with Crippen molar-refractivity contribution in [3.8, 4) is 0 Å². The van der Waals surface area contributed by atoms with Gasteiger partial charge in [-0.3, -0.25) is 4.90 Å². The van der Waals surface area contributed by atoms with Gasteiger partial charge >= 0.3 is 0 Å². The van der Waals surface area contributed by atoms with Gasteiger partial charge in [-0.05, 0) is 30.2 Å². The maximum atomic E-state index is 6.07. The van der Waals surface area contributed by atoms with Gasteiger partial charge < -0.3 is 5.32 Å². The predicted octanol–water partition coefficient (Wildman–Crippen LogP) is 3.35. The Morgan fingerprint density at radius 1 is 1.18 bits per heavy atom. The molecule has 17 heavy (non-hydrogen) atoms. The Morgan fingerprint density at radius 2 is 1.76 bits per heavy atom. The molecule has 1 aliphatic rings. The Labute approximate surface area is 113 Å². The maximum Gasteiger partial charge on any atom is 0.0424 e. The number of rotatable bonds is 3. The van der Waals surface area contributed by atoms with Crippen LogP contribution in [0.15, 0.2) is 18.2 Å². The van der Waals surface area contributed by atoms with Crippen molar-refractivity contribution < 1.29 is 0 Å². The molecule has 1 saturated heterocycles. The van der Waals surface area contributed by atoms with E-state index in [0.29, 0.717) is 6.04 Å². The quantitative estimate of drug-likeness (QED) is 0.908. The third kappa shape index (κ3) is 3.35. The lowest BCUT2D eigenvalue weighted by Gasteiger charge is -2.34. The van der Waals surface area contributed by atoms with E-state index >= 15 is 0 Å². The lowest BCUT2D eigenvalue weighted by Crippen LogP contribution is -2.45. The molecule has 1 aromatic rings. The maximum absolute atomic E-state index is 6.07. The highest BCUT2D eigenvalue weighted by molar-refractivity contribution is 6.34. The first kappa shape index (κ1) is 13.2. The molecule has 0 spiro atoms. The summed E-state index contributed by atoms with van der Waals surface area (Å²) < 4.78 is 0. The van der Waals surface area contributed by atoms with Crippen molar-refractivity contribution in [3.05, 3.63) is 33.8 Å². The monoisotopic (exact) mass is 272 g/mol. The van der Waals surface area contributed by atoms with Gasteiger partial charge in [0.2, 0.25) is 0 Å². The van der Waals surface area contributed by atoms with Gasteiger partial charge in [0.15, 0.2) is 0 Å². The normalized spacial score (nSPS) is 19.2. The molecule has 1 fully saturated rings. The van der Waals surface area contributed by atoms with Crippen molar-refractivity contribution in [1.29, 1.82) is 0 Å². The van der Waals surface area contributed by atoms with Crippen LogP contribution in [0.1, 0.15) is 24.9 Å². The van der Waals surface area contributed by atoms with Gasteiger partial charge in [-0.1, -0.05) is 30.1 Å². The minimum atomic E-state index is 0.424. The molecule has 1 N–H and O–H groups in total. The molecule has 94 valence electrons. The first-order chi connectivity index (χ1) is 8.20. The van der Waals surface area contributed by atoms with E-state index in [1.165, 1.54) is 5.56 Å². The summed E-state index contributed by atoms with van der Waals surface area (Å²) in [4.78, 5) is 2.50. The predicted molar refractivity (Wildman–Crippen MR) is 73.9 cm³/mol. The van der Waals surface area contributed by atoms with Gasteiger partial charge in [-0.2, -0.15) is 0 Å². The summed E-state index contributed by atoms with van der Waals surface area (Å²) >= 11 is 12.1. The van der Waals surface area contributed by atoms with E-state index in [1.807, 2.05) is 12.1 Å². The lowest BCUT2D eigenvalue weighted by molar-refractivity contribution is 0.169. The summed E-state index contributed by atoms with van der Waals surface area (Å²) in [5, 5.41) is 4.82. The third-order valence-electron chi connectivity index (χ3n) is 3.25. The van der Waals surface area contributed by atoms with E-state index in [1.54, 1.807) is 6.07 Å². The van der Waals surface area contributed by atoms with Crippen molar-refractivity contribution in [2.45, 2.75) is 19.4 Å². The summed E-state index contributed by atoms with van der Waals surface area (Å²) in [5.74, 6) is 0. The topological polar surface area (TPSA) is 15.3 Å². The molecule has 0 bridgehead atoms. The lowest BCUT2D eigenvalue weighted by atomic mass is 10.0. The van der Waals surface area contributed by atoms with Crippen LogP contribution < -0.4 is 5.32 Å². The number of piperazine rings is 1. The molecular weight excluding hydrogens is 255 g/mol. The number of nitrogens with one attached hydrogen (secondary N) is 1. The van der Waals surface area contributed by atoms with Crippen molar-refractivity contribution in [2.75, 3.05) is 26.2 Å². The summed E-state index contributed by atoms with van der Waals surface area (Å²) in [7, 11) is 0. The van der Waals surface area contributed by atoms with Crippen LogP contribution in [0.3, 0.4) is 0 Å². The van der Waals surface area contributed by atoms with Gasteiger partial charge in [0, 0.05) is 42.3 Å². The molecule has 0 aromatic heterocycles. The number of nitrogens with zero attached hydrogens (tertiary/aromatic N) is 1. The van der Waals surface area contributed by atoms with E-state index in [9.17, 15) is 0 Å². The van der Waals surface area contributed by atoms with E-state index in [-0.39, 0.29) is 0 Å². The Balaban J connectivity index is 2.21. The van der Waals surface area contributed by atoms with Crippen LogP contribution >= 0.6 is 23.2 Å². The first-order valence-electron chi connectivity index (χ1n) is 6.11. The Hall–Kier alpha value is -0.280. The molecule has 4 heteroatoms. The molecular formula is C13H18Cl2N2. The highest BCUT2D eigenvalue weighted by Gasteiger charge is 2.20. The average molecular weight is 273 g/mol. The number of hydrogen-bond donors (Lipinski definition) is 1. The van der Waals surface area contributed by atoms with Gasteiger partial charge in [0.1, 0.15) is 0 Å². The molecule has 0 saturated carbocycles. The molecule has 0 radical (unpaired) electrons. The van der Waals surface area contributed by atoms with E-state index in [2.05, 4.69) is 17.1 Å². The standard InChI is InChI=1S/C13H18Cl2N2/c1-2-13(17-5-3-16-4-6-17)10-7-11(14)9-12(15)8-10/h7-9,13,16H,2-6H2,1H3/t13-/m1/s1. The van der Waals surface area contributed by atoms with Gasteiger partial charge in [0.05, 0.1) is 0 Å². The fourth-order valence-corrected chi connectivity index (χ4v) is 3.01. The minimum absolute atomic E-state index is 0.424. The average Bonchev–Trinajstić information content (AvgIpc) is 2.30. The number of benzene rings is 1. The molecule has 0 aliphatic carbocycles. The zero-order valence-electron chi connectivity index (χ0n) is 10.0.